The molecule has 1 saturated heterocycles. The van der Waals surface area contributed by atoms with Crippen molar-refractivity contribution in [1.82, 2.24) is 9.88 Å². The molecule has 0 bridgehead atoms. The minimum absolute atomic E-state index is 0.0990. The predicted octanol–water partition coefficient (Wildman–Crippen LogP) is 3.79. The number of carbonyl (C=O) groups excluding carboxylic acids is 1. The lowest BCUT2D eigenvalue weighted by Gasteiger charge is -2.14. The Kier molecular flexibility index (Phi) is 6.12. The molecule has 7 nitrogen and oxygen atoms in total. The van der Waals surface area contributed by atoms with Gasteiger partial charge in [-0.3, -0.25) is 14.4 Å². The number of nitrogens with zero attached hydrogens (tertiary/aromatic N) is 2. The highest BCUT2D eigenvalue weighted by Gasteiger charge is 2.16. The third kappa shape index (κ3) is 5.05. The first-order valence-electron chi connectivity index (χ1n) is 9.65. The van der Waals surface area contributed by atoms with E-state index < -0.39 is 10.0 Å². The molecule has 0 saturated carbocycles. The molecular weight excluding hydrogens is 420 g/mol. The SMILES string of the molecule is O=C(Nc1ccc(S(=O)(=O)Nc2nccs2)cc1)c1ccc(CN2CCCC2)cc1. The molecule has 2 aromatic carbocycles. The summed E-state index contributed by atoms with van der Waals surface area (Å²) in [6.45, 7) is 3.17. The summed E-state index contributed by atoms with van der Waals surface area (Å²) in [6.07, 6.45) is 4.03. The molecular formula is C21H22N4O3S2. The number of amides is 1. The highest BCUT2D eigenvalue weighted by Crippen LogP contribution is 2.20. The zero-order valence-electron chi connectivity index (χ0n) is 16.2. The van der Waals surface area contributed by atoms with Crippen molar-refractivity contribution >= 4 is 38.1 Å². The minimum atomic E-state index is -3.71. The van der Waals surface area contributed by atoms with Crippen LogP contribution in [0.2, 0.25) is 0 Å². The van der Waals surface area contributed by atoms with Crippen LogP contribution in [-0.2, 0) is 16.6 Å². The first-order chi connectivity index (χ1) is 14.5. The molecule has 0 unspecified atom stereocenters. The van der Waals surface area contributed by atoms with Crippen molar-refractivity contribution < 1.29 is 13.2 Å². The smallest absolute Gasteiger partial charge is 0.263 e. The molecule has 2 N–H and O–H groups in total. The molecule has 0 atom stereocenters. The maximum atomic E-state index is 12.5. The zero-order chi connectivity index (χ0) is 21.0. The molecule has 1 amide bonds. The van der Waals surface area contributed by atoms with Gasteiger partial charge < -0.3 is 5.32 Å². The van der Waals surface area contributed by atoms with Gasteiger partial charge in [0.2, 0.25) is 0 Å². The van der Waals surface area contributed by atoms with Gasteiger partial charge in [-0.25, -0.2) is 13.4 Å². The molecule has 0 radical (unpaired) electrons. The average molecular weight is 443 g/mol. The van der Waals surface area contributed by atoms with Crippen molar-refractivity contribution in [1.29, 1.82) is 0 Å². The third-order valence-electron chi connectivity index (χ3n) is 4.90. The number of benzene rings is 2. The number of nitrogens with one attached hydrogen (secondary N) is 2. The van der Waals surface area contributed by atoms with E-state index in [0.29, 0.717) is 16.4 Å². The Bertz CT molecular complexity index is 1090. The number of rotatable bonds is 7. The Balaban J connectivity index is 1.37. The Morgan fingerprint density at radius 2 is 1.73 bits per heavy atom. The van der Waals surface area contributed by atoms with E-state index in [2.05, 4.69) is 19.9 Å². The van der Waals surface area contributed by atoms with Gasteiger partial charge >= 0.3 is 0 Å². The van der Waals surface area contributed by atoms with Gasteiger partial charge in [0, 0.05) is 29.4 Å². The number of aromatic nitrogens is 1. The second-order valence-corrected chi connectivity index (χ2v) is 9.68. The summed E-state index contributed by atoms with van der Waals surface area (Å²) in [4.78, 5) is 18.9. The van der Waals surface area contributed by atoms with Crippen LogP contribution in [0.5, 0.6) is 0 Å². The number of hydrogen-bond donors (Lipinski definition) is 2. The van der Waals surface area contributed by atoms with Crippen molar-refractivity contribution in [2.75, 3.05) is 23.1 Å². The molecule has 1 aromatic heterocycles. The molecule has 4 rings (SSSR count). The lowest BCUT2D eigenvalue weighted by Crippen LogP contribution is -2.18. The zero-order valence-corrected chi connectivity index (χ0v) is 17.9. The van der Waals surface area contributed by atoms with Crippen LogP contribution < -0.4 is 10.0 Å². The first kappa shape index (κ1) is 20.5. The predicted molar refractivity (Wildman–Crippen MR) is 118 cm³/mol. The van der Waals surface area contributed by atoms with Crippen molar-refractivity contribution in [3.8, 4) is 0 Å². The highest BCUT2D eigenvalue weighted by molar-refractivity contribution is 7.93. The molecule has 9 heteroatoms. The number of thiazole rings is 1. The van der Waals surface area contributed by atoms with Gasteiger partial charge in [0.1, 0.15) is 0 Å². The van der Waals surface area contributed by atoms with E-state index >= 15 is 0 Å². The monoisotopic (exact) mass is 442 g/mol. The van der Waals surface area contributed by atoms with Gasteiger partial charge in [-0.2, -0.15) is 0 Å². The van der Waals surface area contributed by atoms with E-state index in [1.807, 2.05) is 24.3 Å². The summed E-state index contributed by atoms with van der Waals surface area (Å²) >= 11 is 1.20. The van der Waals surface area contributed by atoms with Gasteiger partial charge in [0.05, 0.1) is 4.90 Å². The summed E-state index contributed by atoms with van der Waals surface area (Å²) in [6, 6.07) is 13.6. The maximum Gasteiger partial charge on any atom is 0.263 e. The van der Waals surface area contributed by atoms with Crippen LogP contribution in [0.25, 0.3) is 0 Å². The molecule has 0 spiro atoms. The molecule has 0 aliphatic carbocycles. The normalized spacial score (nSPS) is 14.5. The van der Waals surface area contributed by atoms with Gasteiger partial charge in [-0.05, 0) is 67.9 Å². The van der Waals surface area contributed by atoms with Crippen LogP contribution >= 0.6 is 11.3 Å². The molecule has 1 aliphatic rings. The van der Waals surface area contributed by atoms with Crippen molar-refractivity contribution in [3.05, 3.63) is 71.2 Å². The fourth-order valence-corrected chi connectivity index (χ4v) is 5.12. The topological polar surface area (TPSA) is 91.4 Å². The third-order valence-corrected chi connectivity index (χ3v) is 7.07. The van der Waals surface area contributed by atoms with E-state index in [9.17, 15) is 13.2 Å². The second-order valence-electron chi connectivity index (χ2n) is 7.10. The number of likely N-dealkylation sites (tertiary alicyclic amines) is 1. The van der Waals surface area contributed by atoms with Crippen molar-refractivity contribution in [2.45, 2.75) is 24.3 Å². The molecule has 3 aromatic rings. The van der Waals surface area contributed by atoms with Crippen LogP contribution in [0, 0.1) is 0 Å². The van der Waals surface area contributed by atoms with Crippen molar-refractivity contribution in [2.24, 2.45) is 0 Å². The van der Waals surface area contributed by atoms with Crippen LogP contribution in [0.15, 0.2) is 65.0 Å². The first-order valence-corrected chi connectivity index (χ1v) is 12.0. The summed E-state index contributed by atoms with van der Waals surface area (Å²) in [5.74, 6) is -0.237. The van der Waals surface area contributed by atoms with E-state index in [0.717, 1.165) is 19.6 Å². The van der Waals surface area contributed by atoms with E-state index in [1.165, 1.54) is 48.1 Å². The van der Waals surface area contributed by atoms with Crippen LogP contribution in [0.4, 0.5) is 10.8 Å². The number of carbonyl (C=O) groups is 1. The maximum absolute atomic E-state index is 12.5. The average Bonchev–Trinajstić information content (AvgIpc) is 3.43. The summed E-state index contributed by atoms with van der Waals surface area (Å²) < 4.78 is 27.2. The summed E-state index contributed by atoms with van der Waals surface area (Å²) in [7, 11) is -3.71. The summed E-state index contributed by atoms with van der Waals surface area (Å²) in [5, 5.41) is 4.80. The van der Waals surface area contributed by atoms with Crippen LogP contribution in [-0.4, -0.2) is 37.3 Å². The fraction of sp³-hybridized carbons (Fsp3) is 0.238. The van der Waals surface area contributed by atoms with Gasteiger partial charge in [-0.1, -0.05) is 12.1 Å². The Morgan fingerprint density at radius 1 is 1.03 bits per heavy atom. The Hall–Kier alpha value is -2.75. The van der Waals surface area contributed by atoms with E-state index in [1.54, 1.807) is 17.5 Å². The quantitative estimate of drug-likeness (QED) is 0.581. The minimum Gasteiger partial charge on any atom is -0.322 e. The summed E-state index contributed by atoms with van der Waals surface area (Å²) in [5.41, 5.74) is 2.27. The van der Waals surface area contributed by atoms with E-state index in [-0.39, 0.29) is 10.8 Å². The number of hydrogen-bond acceptors (Lipinski definition) is 6. The standard InChI is InChI=1S/C21H22N4O3S2/c26-20(17-5-3-16(4-6-17)15-25-12-1-2-13-25)23-18-7-9-19(10-8-18)30(27,28)24-21-22-11-14-29-21/h3-11,14H,1-2,12-13,15H2,(H,22,24)(H,23,26). The van der Waals surface area contributed by atoms with Crippen LogP contribution in [0.3, 0.4) is 0 Å². The molecule has 2 heterocycles. The Morgan fingerprint density at radius 3 is 2.37 bits per heavy atom. The number of anilines is 2. The molecule has 1 fully saturated rings. The van der Waals surface area contributed by atoms with Gasteiger partial charge in [0.15, 0.2) is 5.13 Å². The second kappa shape index (κ2) is 8.95. The molecule has 1 aliphatic heterocycles. The van der Waals surface area contributed by atoms with Crippen molar-refractivity contribution in [3.63, 3.8) is 0 Å². The highest BCUT2D eigenvalue weighted by atomic mass is 32.2. The van der Waals surface area contributed by atoms with Crippen LogP contribution in [0.1, 0.15) is 28.8 Å². The lowest BCUT2D eigenvalue weighted by atomic mass is 10.1. The fourth-order valence-electron chi connectivity index (χ4n) is 3.33. The van der Waals surface area contributed by atoms with E-state index in [4.69, 9.17) is 0 Å². The largest absolute Gasteiger partial charge is 0.322 e. The Labute approximate surface area is 179 Å². The van der Waals surface area contributed by atoms with Gasteiger partial charge in [0.25, 0.3) is 15.9 Å². The van der Waals surface area contributed by atoms with Gasteiger partial charge in [-0.15, -0.1) is 11.3 Å². The number of sulfonamides is 1. The molecule has 30 heavy (non-hydrogen) atoms. The molecule has 156 valence electrons. The lowest BCUT2D eigenvalue weighted by molar-refractivity contribution is 0.102.